The summed E-state index contributed by atoms with van der Waals surface area (Å²) >= 11 is 0. The number of rotatable bonds is 3. The first-order valence-corrected chi connectivity index (χ1v) is 7.55. The van der Waals surface area contributed by atoms with Gasteiger partial charge in [-0.25, -0.2) is 8.42 Å². The molecule has 2 N–H and O–H groups in total. The van der Waals surface area contributed by atoms with Crippen LogP contribution in [-0.2, 0) is 9.84 Å². The van der Waals surface area contributed by atoms with Crippen LogP contribution in [0.1, 0.15) is 11.1 Å². The Bertz CT molecular complexity index is 690. The molecule has 5 heteroatoms. The molecule has 2 rings (SSSR count). The fourth-order valence-corrected chi connectivity index (χ4v) is 2.40. The highest BCUT2D eigenvalue weighted by atomic mass is 32.2. The highest BCUT2D eigenvalue weighted by Gasteiger charge is 2.10. The largest absolute Gasteiger partial charge is 0.323 e. The van der Waals surface area contributed by atoms with E-state index in [0.29, 0.717) is 5.71 Å². The maximum absolute atomic E-state index is 11.4. The van der Waals surface area contributed by atoms with Crippen molar-refractivity contribution in [3.05, 3.63) is 65.7 Å². The first kappa shape index (κ1) is 13.3. The molecule has 0 amide bonds. The van der Waals surface area contributed by atoms with E-state index in [4.69, 9.17) is 5.84 Å². The van der Waals surface area contributed by atoms with Crippen molar-refractivity contribution in [2.75, 3.05) is 6.26 Å². The normalized spacial score (nSPS) is 12.4. The van der Waals surface area contributed by atoms with Gasteiger partial charge in [-0.1, -0.05) is 42.5 Å². The van der Waals surface area contributed by atoms with Crippen molar-refractivity contribution in [3.8, 4) is 0 Å². The summed E-state index contributed by atoms with van der Waals surface area (Å²) in [5.74, 6) is 5.43. The highest BCUT2D eigenvalue weighted by Crippen LogP contribution is 2.14. The lowest BCUT2D eigenvalue weighted by atomic mass is 10.0. The van der Waals surface area contributed by atoms with Gasteiger partial charge in [0.15, 0.2) is 9.84 Å². The average molecular weight is 274 g/mol. The average Bonchev–Trinajstić information content (AvgIpc) is 2.40. The third-order valence-electron chi connectivity index (χ3n) is 2.73. The van der Waals surface area contributed by atoms with E-state index in [9.17, 15) is 8.42 Å². The van der Waals surface area contributed by atoms with Gasteiger partial charge < -0.3 is 5.84 Å². The molecule has 0 fully saturated rings. The predicted molar refractivity (Wildman–Crippen MR) is 75.8 cm³/mol. The summed E-state index contributed by atoms with van der Waals surface area (Å²) in [5.41, 5.74) is 2.29. The van der Waals surface area contributed by atoms with Crippen molar-refractivity contribution in [2.24, 2.45) is 10.9 Å². The van der Waals surface area contributed by atoms with Gasteiger partial charge in [0, 0.05) is 17.4 Å². The molecule has 0 aliphatic carbocycles. The Morgan fingerprint density at radius 1 is 0.947 bits per heavy atom. The Morgan fingerprint density at radius 2 is 1.47 bits per heavy atom. The molecule has 0 aliphatic heterocycles. The third-order valence-corrected chi connectivity index (χ3v) is 3.86. The number of hydrogen-bond acceptors (Lipinski definition) is 4. The molecule has 0 unspecified atom stereocenters. The lowest BCUT2D eigenvalue weighted by Gasteiger charge is -2.06. The molecule has 0 spiro atoms. The van der Waals surface area contributed by atoms with Crippen LogP contribution in [0, 0.1) is 0 Å². The summed E-state index contributed by atoms with van der Waals surface area (Å²) in [4.78, 5) is 0.278. The van der Waals surface area contributed by atoms with E-state index < -0.39 is 9.84 Å². The zero-order valence-electron chi connectivity index (χ0n) is 10.4. The zero-order chi connectivity index (χ0) is 13.9. The van der Waals surface area contributed by atoms with Crippen molar-refractivity contribution in [1.82, 2.24) is 0 Å². The number of nitrogens with zero attached hydrogens (tertiary/aromatic N) is 1. The molecule has 0 aromatic heterocycles. The van der Waals surface area contributed by atoms with Crippen LogP contribution in [0.5, 0.6) is 0 Å². The minimum absolute atomic E-state index is 0.278. The maximum atomic E-state index is 11.4. The van der Waals surface area contributed by atoms with Crippen LogP contribution in [0.4, 0.5) is 0 Å². The van der Waals surface area contributed by atoms with Gasteiger partial charge in [0.1, 0.15) is 0 Å². The van der Waals surface area contributed by atoms with Gasteiger partial charge >= 0.3 is 0 Å². The topological polar surface area (TPSA) is 72.5 Å². The lowest BCUT2D eigenvalue weighted by molar-refractivity contribution is 0.602. The highest BCUT2D eigenvalue weighted by molar-refractivity contribution is 7.90. The van der Waals surface area contributed by atoms with Gasteiger partial charge in [0.05, 0.1) is 10.6 Å². The monoisotopic (exact) mass is 274 g/mol. The van der Waals surface area contributed by atoms with Crippen molar-refractivity contribution >= 4 is 15.5 Å². The molecule has 0 saturated heterocycles. The molecular formula is C14H14N2O2S. The lowest BCUT2D eigenvalue weighted by Crippen LogP contribution is -2.07. The SMILES string of the molecule is CS(=O)(=O)c1ccc(/C(=N/N)c2ccccc2)cc1. The van der Waals surface area contributed by atoms with E-state index in [0.717, 1.165) is 11.1 Å². The van der Waals surface area contributed by atoms with E-state index >= 15 is 0 Å². The molecule has 0 saturated carbocycles. The van der Waals surface area contributed by atoms with Gasteiger partial charge in [-0.2, -0.15) is 5.10 Å². The minimum atomic E-state index is -3.19. The molecule has 0 radical (unpaired) electrons. The van der Waals surface area contributed by atoms with E-state index in [1.54, 1.807) is 24.3 Å². The van der Waals surface area contributed by atoms with Crippen LogP contribution in [0.25, 0.3) is 0 Å². The summed E-state index contributed by atoms with van der Waals surface area (Å²) in [7, 11) is -3.19. The van der Waals surface area contributed by atoms with Crippen LogP contribution < -0.4 is 5.84 Å². The number of sulfone groups is 1. The number of benzene rings is 2. The Balaban J connectivity index is 2.42. The summed E-state index contributed by atoms with van der Waals surface area (Å²) < 4.78 is 22.8. The Morgan fingerprint density at radius 3 is 1.95 bits per heavy atom. The van der Waals surface area contributed by atoms with Crippen LogP contribution in [0.15, 0.2) is 64.6 Å². The molecule has 98 valence electrons. The molecule has 4 nitrogen and oxygen atoms in total. The van der Waals surface area contributed by atoms with Gasteiger partial charge in [-0.15, -0.1) is 0 Å². The first-order valence-electron chi connectivity index (χ1n) is 5.66. The summed E-state index contributed by atoms with van der Waals surface area (Å²) in [6, 6.07) is 16.0. The smallest absolute Gasteiger partial charge is 0.175 e. The fourth-order valence-electron chi connectivity index (χ4n) is 1.77. The van der Waals surface area contributed by atoms with Gasteiger partial charge in [0.2, 0.25) is 0 Å². The molecule has 19 heavy (non-hydrogen) atoms. The van der Waals surface area contributed by atoms with Gasteiger partial charge in [-0.3, -0.25) is 0 Å². The summed E-state index contributed by atoms with van der Waals surface area (Å²) in [6.45, 7) is 0. The van der Waals surface area contributed by atoms with E-state index in [2.05, 4.69) is 5.10 Å². The van der Waals surface area contributed by atoms with Gasteiger partial charge in [-0.05, 0) is 12.1 Å². The van der Waals surface area contributed by atoms with E-state index in [-0.39, 0.29) is 4.90 Å². The summed E-state index contributed by atoms with van der Waals surface area (Å²) in [6.07, 6.45) is 1.18. The van der Waals surface area contributed by atoms with Crippen molar-refractivity contribution in [2.45, 2.75) is 4.90 Å². The second-order valence-corrected chi connectivity index (χ2v) is 6.16. The van der Waals surface area contributed by atoms with Gasteiger partial charge in [0.25, 0.3) is 0 Å². The van der Waals surface area contributed by atoms with E-state index in [1.165, 1.54) is 6.26 Å². The molecule has 0 bridgehead atoms. The maximum Gasteiger partial charge on any atom is 0.175 e. The Kier molecular flexibility index (Phi) is 3.66. The second-order valence-electron chi connectivity index (χ2n) is 4.14. The van der Waals surface area contributed by atoms with E-state index in [1.807, 2.05) is 30.3 Å². The third kappa shape index (κ3) is 3.00. The molecule has 2 aromatic rings. The molecule has 0 aliphatic rings. The number of nitrogens with two attached hydrogens (primary N) is 1. The Hall–Kier alpha value is -2.14. The molecule has 2 aromatic carbocycles. The Labute approximate surface area is 112 Å². The van der Waals surface area contributed by atoms with Crippen molar-refractivity contribution < 1.29 is 8.42 Å². The first-order chi connectivity index (χ1) is 9.02. The van der Waals surface area contributed by atoms with Crippen molar-refractivity contribution in [3.63, 3.8) is 0 Å². The zero-order valence-corrected chi connectivity index (χ0v) is 11.3. The van der Waals surface area contributed by atoms with Crippen LogP contribution in [0.3, 0.4) is 0 Å². The fraction of sp³-hybridized carbons (Fsp3) is 0.0714. The van der Waals surface area contributed by atoms with Crippen LogP contribution in [-0.4, -0.2) is 20.4 Å². The standard InChI is InChI=1S/C14H14N2O2S/c1-19(17,18)13-9-7-12(8-10-13)14(16-15)11-5-3-2-4-6-11/h2-10H,15H2,1H3/b16-14+. The van der Waals surface area contributed by atoms with Crippen molar-refractivity contribution in [1.29, 1.82) is 0 Å². The van der Waals surface area contributed by atoms with Crippen LogP contribution >= 0.6 is 0 Å². The molecule has 0 heterocycles. The predicted octanol–water partition coefficient (Wildman–Crippen LogP) is 1.80. The quantitative estimate of drug-likeness (QED) is 0.527. The minimum Gasteiger partial charge on any atom is -0.323 e. The number of hydrazone groups is 1. The van der Waals surface area contributed by atoms with Crippen LogP contribution in [0.2, 0.25) is 0 Å². The number of hydrogen-bond donors (Lipinski definition) is 1. The summed E-state index contributed by atoms with van der Waals surface area (Å²) in [5, 5.41) is 3.79. The molecular weight excluding hydrogens is 260 g/mol. The second kappa shape index (κ2) is 5.24. The molecule has 0 atom stereocenters.